The van der Waals surface area contributed by atoms with E-state index >= 15 is 0 Å². The number of aliphatic hydroxyl groups excluding tert-OH is 1. The molecular formula is C11H11Cl3O2. The monoisotopic (exact) mass is 280 g/mol. The van der Waals surface area contributed by atoms with E-state index in [0.717, 1.165) is 0 Å². The van der Waals surface area contributed by atoms with Crippen LogP contribution in [0.15, 0.2) is 30.3 Å². The zero-order valence-electron chi connectivity index (χ0n) is 8.53. The van der Waals surface area contributed by atoms with Crippen molar-refractivity contribution < 1.29 is 9.90 Å². The fourth-order valence-corrected chi connectivity index (χ4v) is 1.86. The van der Waals surface area contributed by atoms with E-state index < -0.39 is 15.8 Å². The molecule has 2 atom stereocenters. The summed E-state index contributed by atoms with van der Waals surface area (Å²) >= 11 is 16.6. The first kappa shape index (κ1) is 13.8. The SMILES string of the molecule is CC(C(=O)c1ccccc1)C(O)C(Cl)(Cl)Cl. The van der Waals surface area contributed by atoms with E-state index in [1.165, 1.54) is 6.92 Å². The van der Waals surface area contributed by atoms with Crippen molar-refractivity contribution in [1.29, 1.82) is 0 Å². The highest BCUT2D eigenvalue weighted by molar-refractivity contribution is 6.68. The molecule has 88 valence electrons. The Morgan fingerprint density at radius 1 is 1.25 bits per heavy atom. The number of carbonyl (C=O) groups excluding carboxylic acids is 1. The molecule has 0 fully saturated rings. The van der Waals surface area contributed by atoms with E-state index in [1.54, 1.807) is 30.3 Å². The lowest BCUT2D eigenvalue weighted by molar-refractivity contribution is 0.0724. The molecule has 0 aliphatic heterocycles. The van der Waals surface area contributed by atoms with Gasteiger partial charge in [-0.05, 0) is 0 Å². The van der Waals surface area contributed by atoms with Gasteiger partial charge in [0.15, 0.2) is 5.78 Å². The molecule has 1 rings (SSSR count). The molecule has 0 saturated carbocycles. The first-order valence-corrected chi connectivity index (χ1v) is 5.81. The molecule has 0 heterocycles. The number of ketones is 1. The lowest BCUT2D eigenvalue weighted by Crippen LogP contribution is -2.36. The normalized spacial score (nSPS) is 15.6. The highest BCUT2D eigenvalue weighted by Gasteiger charge is 2.38. The van der Waals surface area contributed by atoms with Crippen LogP contribution in [0.2, 0.25) is 0 Å². The van der Waals surface area contributed by atoms with Crippen LogP contribution in [0.3, 0.4) is 0 Å². The van der Waals surface area contributed by atoms with Crippen LogP contribution in [0.1, 0.15) is 17.3 Å². The van der Waals surface area contributed by atoms with Crippen LogP contribution in [-0.4, -0.2) is 20.8 Å². The lowest BCUT2D eigenvalue weighted by atomic mass is 9.95. The van der Waals surface area contributed by atoms with Crippen molar-refractivity contribution in [2.45, 2.75) is 16.8 Å². The fraction of sp³-hybridized carbons (Fsp3) is 0.364. The fourth-order valence-electron chi connectivity index (χ4n) is 1.29. The van der Waals surface area contributed by atoms with Crippen molar-refractivity contribution in [3.8, 4) is 0 Å². The van der Waals surface area contributed by atoms with Gasteiger partial charge in [0.2, 0.25) is 3.79 Å². The van der Waals surface area contributed by atoms with Gasteiger partial charge in [-0.3, -0.25) is 4.79 Å². The minimum Gasteiger partial charge on any atom is -0.388 e. The first-order chi connectivity index (χ1) is 7.34. The standard InChI is InChI=1S/C11H11Cl3O2/c1-7(10(16)11(12,13)14)9(15)8-5-3-2-4-6-8/h2-7,10,16H,1H3. The summed E-state index contributed by atoms with van der Waals surface area (Å²) in [6.07, 6.45) is -1.33. The number of benzene rings is 1. The molecule has 16 heavy (non-hydrogen) atoms. The molecule has 0 spiro atoms. The highest BCUT2D eigenvalue weighted by Crippen LogP contribution is 2.34. The predicted octanol–water partition coefficient (Wildman–Crippen LogP) is 3.24. The maximum atomic E-state index is 11.9. The van der Waals surface area contributed by atoms with Crippen LogP contribution in [-0.2, 0) is 0 Å². The third kappa shape index (κ3) is 3.36. The van der Waals surface area contributed by atoms with Gasteiger partial charge in [0.25, 0.3) is 0 Å². The van der Waals surface area contributed by atoms with Gasteiger partial charge in [0.05, 0.1) is 0 Å². The Morgan fingerprint density at radius 3 is 2.19 bits per heavy atom. The summed E-state index contributed by atoms with van der Waals surface area (Å²) in [6, 6.07) is 8.59. The number of rotatable bonds is 3. The van der Waals surface area contributed by atoms with Crippen molar-refractivity contribution in [2.24, 2.45) is 5.92 Å². The van der Waals surface area contributed by atoms with Crippen molar-refractivity contribution in [3.63, 3.8) is 0 Å². The smallest absolute Gasteiger partial charge is 0.216 e. The molecule has 1 N–H and O–H groups in total. The summed E-state index contributed by atoms with van der Waals surface area (Å²) in [5.74, 6) is -1.02. The largest absolute Gasteiger partial charge is 0.388 e. The second kappa shape index (κ2) is 5.37. The number of hydrogen-bond acceptors (Lipinski definition) is 2. The van der Waals surface area contributed by atoms with E-state index in [9.17, 15) is 9.90 Å². The Bertz CT molecular complexity index is 359. The predicted molar refractivity (Wildman–Crippen MR) is 66.2 cm³/mol. The van der Waals surface area contributed by atoms with Gasteiger partial charge in [-0.15, -0.1) is 0 Å². The molecule has 5 heteroatoms. The van der Waals surface area contributed by atoms with E-state index in [0.29, 0.717) is 5.56 Å². The number of Topliss-reactive ketones (excluding diaryl/α,β-unsaturated/α-hetero) is 1. The molecule has 0 radical (unpaired) electrons. The molecule has 0 amide bonds. The average Bonchev–Trinajstić information content (AvgIpc) is 2.26. The number of hydrogen-bond donors (Lipinski definition) is 1. The number of alkyl halides is 3. The van der Waals surface area contributed by atoms with Gasteiger partial charge >= 0.3 is 0 Å². The summed E-state index contributed by atoms with van der Waals surface area (Å²) in [5.41, 5.74) is 0.489. The number of halogens is 3. The minimum atomic E-state index is -1.86. The van der Waals surface area contributed by atoms with Crippen molar-refractivity contribution in [3.05, 3.63) is 35.9 Å². The highest BCUT2D eigenvalue weighted by atomic mass is 35.6. The van der Waals surface area contributed by atoms with Crippen LogP contribution in [0.25, 0.3) is 0 Å². The topological polar surface area (TPSA) is 37.3 Å². The summed E-state index contributed by atoms with van der Waals surface area (Å²) in [7, 11) is 0. The Labute approximate surface area is 109 Å². The number of aliphatic hydroxyl groups is 1. The molecule has 2 unspecified atom stereocenters. The molecule has 0 saturated heterocycles. The maximum Gasteiger partial charge on any atom is 0.216 e. The van der Waals surface area contributed by atoms with Crippen molar-refractivity contribution in [1.82, 2.24) is 0 Å². The van der Waals surface area contributed by atoms with Gasteiger partial charge in [0, 0.05) is 11.5 Å². The second-order valence-corrected chi connectivity index (χ2v) is 5.87. The Balaban J connectivity index is 2.84. The van der Waals surface area contributed by atoms with Crippen LogP contribution in [0, 0.1) is 5.92 Å². The quantitative estimate of drug-likeness (QED) is 0.682. The summed E-state index contributed by atoms with van der Waals surface area (Å²) < 4.78 is -1.86. The zero-order valence-corrected chi connectivity index (χ0v) is 10.8. The van der Waals surface area contributed by atoms with Crippen molar-refractivity contribution in [2.75, 3.05) is 0 Å². The lowest BCUT2D eigenvalue weighted by Gasteiger charge is -2.24. The van der Waals surface area contributed by atoms with Crippen LogP contribution in [0.5, 0.6) is 0 Å². The summed E-state index contributed by atoms with van der Waals surface area (Å²) in [4.78, 5) is 11.9. The first-order valence-electron chi connectivity index (χ1n) is 4.68. The average molecular weight is 282 g/mol. The molecule has 0 aliphatic rings. The van der Waals surface area contributed by atoms with Crippen LogP contribution >= 0.6 is 34.8 Å². The third-order valence-corrected chi connectivity index (χ3v) is 2.95. The van der Waals surface area contributed by atoms with Crippen molar-refractivity contribution >= 4 is 40.6 Å². The minimum absolute atomic E-state index is 0.251. The van der Waals surface area contributed by atoms with Gasteiger partial charge in [-0.1, -0.05) is 72.1 Å². The molecule has 1 aromatic carbocycles. The Morgan fingerprint density at radius 2 is 1.75 bits per heavy atom. The molecule has 1 aromatic rings. The number of carbonyl (C=O) groups is 1. The summed E-state index contributed by atoms with van der Waals surface area (Å²) in [5, 5.41) is 9.67. The van der Waals surface area contributed by atoms with Gasteiger partial charge in [-0.25, -0.2) is 0 Å². The third-order valence-electron chi connectivity index (χ3n) is 2.28. The van der Waals surface area contributed by atoms with E-state index in [4.69, 9.17) is 34.8 Å². The molecule has 0 bridgehead atoms. The van der Waals surface area contributed by atoms with Gasteiger partial charge in [0.1, 0.15) is 6.10 Å². The Hall–Kier alpha value is -0.280. The van der Waals surface area contributed by atoms with E-state index in [1.807, 2.05) is 0 Å². The molecule has 2 nitrogen and oxygen atoms in total. The molecule has 0 aliphatic carbocycles. The zero-order chi connectivity index (χ0) is 12.3. The van der Waals surface area contributed by atoms with E-state index in [-0.39, 0.29) is 5.78 Å². The maximum absolute atomic E-state index is 11.9. The summed E-state index contributed by atoms with van der Waals surface area (Å²) in [6.45, 7) is 1.53. The van der Waals surface area contributed by atoms with Gasteiger partial charge in [-0.2, -0.15) is 0 Å². The molecule has 0 aromatic heterocycles. The van der Waals surface area contributed by atoms with Crippen LogP contribution < -0.4 is 0 Å². The molecular weight excluding hydrogens is 270 g/mol. The van der Waals surface area contributed by atoms with E-state index in [2.05, 4.69) is 0 Å². The van der Waals surface area contributed by atoms with Crippen LogP contribution in [0.4, 0.5) is 0 Å². The second-order valence-electron chi connectivity index (χ2n) is 3.51. The van der Waals surface area contributed by atoms with Gasteiger partial charge < -0.3 is 5.11 Å². The Kier molecular flexibility index (Phi) is 4.62.